The molecule has 0 amide bonds. The van der Waals surface area contributed by atoms with Crippen molar-refractivity contribution in [2.24, 2.45) is 0 Å². The van der Waals surface area contributed by atoms with E-state index in [-0.39, 0.29) is 27.9 Å². The molecule has 24 heavy (non-hydrogen) atoms. The zero-order valence-corrected chi connectivity index (χ0v) is 15.2. The lowest BCUT2D eigenvalue weighted by atomic mass is 10.0. The van der Waals surface area contributed by atoms with Crippen molar-refractivity contribution in [1.29, 1.82) is 0 Å². The van der Waals surface area contributed by atoms with Crippen LogP contribution >= 0.6 is 0 Å². The highest BCUT2D eigenvalue weighted by Gasteiger charge is 2.29. The third kappa shape index (κ3) is 4.15. The molecule has 2 atom stereocenters. The molecule has 0 aromatic heterocycles. The van der Waals surface area contributed by atoms with E-state index in [0.717, 1.165) is 32.2 Å². The average Bonchev–Trinajstić information content (AvgIpc) is 3.33. The van der Waals surface area contributed by atoms with Gasteiger partial charge in [0, 0.05) is 18.1 Å². The van der Waals surface area contributed by atoms with E-state index in [4.69, 9.17) is 0 Å². The lowest BCUT2D eigenvalue weighted by Gasteiger charge is -2.30. The normalized spacial score (nSPS) is 25.5. The summed E-state index contributed by atoms with van der Waals surface area (Å²) in [4.78, 5) is 0.159. The van der Waals surface area contributed by atoms with Gasteiger partial charge in [-0.05, 0) is 63.4 Å². The van der Waals surface area contributed by atoms with Crippen molar-refractivity contribution in [2.75, 3.05) is 6.54 Å². The molecule has 1 aliphatic heterocycles. The summed E-state index contributed by atoms with van der Waals surface area (Å²) in [7, 11) is -7.24. The molecule has 2 fully saturated rings. The number of hydrogen-bond donors (Lipinski definition) is 3. The topological polar surface area (TPSA) is 104 Å². The molecule has 0 spiro atoms. The van der Waals surface area contributed by atoms with E-state index in [9.17, 15) is 16.8 Å². The van der Waals surface area contributed by atoms with E-state index in [1.54, 1.807) is 0 Å². The minimum atomic E-state index is -3.67. The maximum Gasteiger partial charge on any atom is 0.240 e. The Labute approximate surface area is 143 Å². The Morgan fingerprint density at radius 1 is 0.917 bits per heavy atom. The van der Waals surface area contributed by atoms with Gasteiger partial charge in [0.2, 0.25) is 20.0 Å². The van der Waals surface area contributed by atoms with Crippen LogP contribution in [-0.4, -0.2) is 41.5 Å². The summed E-state index contributed by atoms with van der Waals surface area (Å²) >= 11 is 0. The molecule has 1 saturated heterocycles. The van der Waals surface area contributed by atoms with Gasteiger partial charge in [-0.25, -0.2) is 26.3 Å². The highest BCUT2D eigenvalue weighted by atomic mass is 32.2. The van der Waals surface area contributed by atoms with Crippen molar-refractivity contribution in [3.05, 3.63) is 24.3 Å². The molecule has 2 aliphatic rings. The van der Waals surface area contributed by atoms with Crippen molar-refractivity contribution >= 4 is 20.0 Å². The maximum atomic E-state index is 12.5. The summed E-state index contributed by atoms with van der Waals surface area (Å²) < 4.78 is 54.5. The van der Waals surface area contributed by atoms with E-state index in [1.165, 1.54) is 24.3 Å². The Kier molecular flexibility index (Phi) is 4.99. The van der Waals surface area contributed by atoms with Gasteiger partial charge in [-0.1, -0.05) is 0 Å². The maximum absolute atomic E-state index is 12.5. The van der Waals surface area contributed by atoms with E-state index in [2.05, 4.69) is 14.8 Å². The third-order valence-corrected chi connectivity index (χ3v) is 7.45. The molecule has 3 rings (SSSR count). The van der Waals surface area contributed by atoms with Gasteiger partial charge in [0.05, 0.1) is 9.79 Å². The Hall–Kier alpha value is -1.00. The number of nitrogens with one attached hydrogen (secondary N) is 3. The number of benzene rings is 1. The summed E-state index contributed by atoms with van der Waals surface area (Å²) in [5.41, 5.74) is 0. The van der Waals surface area contributed by atoms with Gasteiger partial charge in [0.1, 0.15) is 0 Å². The molecular formula is C15H23N3O4S2. The average molecular weight is 374 g/mol. The van der Waals surface area contributed by atoms with Crippen LogP contribution in [0.15, 0.2) is 34.1 Å². The molecule has 1 aromatic carbocycles. The standard InChI is InChI=1S/C15H23N3O4S2/c1-11-15(3-2-10-16-11)18-24(21,22)14-8-6-13(7-9-14)23(19,20)17-12-4-5-12/h6-9,11-12,15-18H,2-5,10H2,1H3. The molecule has 9 heteroatoms. The Morgan fingerprint density at radius 2 is 1.46 bits per heavy atom. The van der Waals surface area contributed by atoms with Crippen LogP contribution in [0.4, 0.5) is 0 Å². The van der Waals surface area contributed by atoms with Gasteiger partial charge in [-0.15, -0.1) is 0 Å². The van der Waals surface area contributed by atoms with Crippen LogP contribution in [-0.2, 0) is 20.0 Å². The number of sulfonamides is 2. The fourth-order valence-corrected chi connectivity index (χ4v) is 5.41. The lowest BCUT2D eigenvalue weighted by Crippen LogP contribution is -2.51. The largest absolute Gasteiger partial charge is 0.313 e. The Bertz CT molecular complexity index is 787. The minimum Gasteiger partial charge on any atom is -0.313 e. The van der Waals surface area contributed by atoms with Crippen LogP contribution in [0.1, 0.15) is 32.6 Å². The fourth-order valence-electron chi connectivity index (χ4n) is 2.76. The van der Waals surface area contributed by atoms with Gasteiger partial charge in [-0.3, -0.25) is 0 Å². The number of rotatable bonds is 6. The van der Waals surface area contributed by atoms with E-state index in [0.29, 0.717) is 0 Å². The van der Waals surface area contributed by atoms with Gasteiger partial charge in [0.25, 0.3) is 0 Å². The van der Waals surface area contributed by atoms with Crippen LogP contribution in [0.25, 0.3) is 0 Å². The first-order valence-corrected chi connectivity index (χ1v) is 11.1. The molecule has 1 heterocycles. The molecule has 1 aromatic rings. The molecule has 7 nitrogen and oxygen atoms in total. The summed E-state index contributed by atoms with van der Waals surface area (Å²) in [5.74, 6) is 0. The van der Waals surface area contributed by atoms with Crippen molar-refractivity contribution < 1.29 is 16.8 Å². The van der Waals surface area contributed by atoms with Crippen LogP contribution in [0.5, 0.6) is 0 Å². The SMILES string of the molecule is CC1NCCCC1NS(=O)(=O)c1ccc(S(=O)(=O)NC2CC2)cc1. The van der Waals surface area contributed by atoms with Gasteiger partial charge in [-0.2, -0.15) is 0 Å². The van der Waals surface area contributed by atoms with Gasteiger partial charge in [0.15, 0.2) is 0 Å². The highest BCUT2D eigenvalue weighted by molar-refractivity contribution is 7.90. The fraction of sp³-hybridized carbons (Fsp3) is 0.600. The molecular weight excluding hydrogens is 350 g/mol. The smallest absolute Gasteiger partial charge is 0.240 e. The molecule has 2 unspecified atom stereocenters. The summed E-state index contributed by atoms with van der Waals surface area (Å²) in [6.07, 6.45) is 3.40. The summed E-state index contributed by atoms with van der Waals surface area (Å²) in [5, 5.41) is 3.24. The third-order valence-electron chi connectivity index (χ3n) is 4.41. The summed E-state index contributed by atoms with van der Waals surface area (Å²) in [6, 6.07) is 5.26. The first-order chi connectivity index (χ1) is 11.3. The van der Waals surface area contributed by atoms with Crippen molar-refractivity contribution in [2.45, 2.75) is 60.5 Å². The lowest BCUT2D eigenvalue weighted by molar-refractivity contribution is 0.349. The van der Waals surface area contributed by atoms with Crippen LogP contribution in [0.2, 0.25) is 0 Å². The Balaban J connectivity index is 1.74. The van der Waals surface area contributed by atoms with Crippen molar-refractivity contribution in [1.82, 2.24) is 14.8 Å². The first kappa shape index (κ1) is 17.8. The number of hydrogen-bond acceptors (Lipinski definition) is 5. The van der Waals surface area contributed by atoms with Crippen LogP contribution in [0, 0.1) is 0 Å². The van der Waals surface area contributed by atoms with Crippen LogP contribution < -0.4 is 14.8 Å². The van der Waals surface area contributed by atoms with Crippen molar-refractivity contribution in [3.8, 4) is 0 Å². The number of piperidine rings is 1. The molecule has 1 aliphatic carbocycles. The highest BCUT2D eigenvalue weighted by Crippen LogP contribution is 2.23. The quantitative estimate of drug-likeness (QED) is 0.675. The predicted octanol–water partition coefficient (Wildman–Crippen LogP) is 0.546. The summed E-state index contributed by atoms with van der Waals surface area (Å²) in [6.45, 7) is 2.84. The minimum absolute atomic E-state index is 0.0142. The second-order valence-corrected chi connectivity index (χ2v) is 9.91. The molecule has 1 saturated carbocycles. The molecule has 134 valence electrons. The van der Waals surface area contributed by atoms with E-state index in [1.807, 2.05) is 6.92 Å². The molecule has 3 N–H and O–H groups in total. The zero-order valence-electron chi connectivity index (χ0n) is 13.5. The second kappa shape index (κ2) is 6.72. The zero-order chi connectivity index (χ0) is 17.4. The van der Waals surface area contributed by atoms with Gasteiger partial charge >= 0.3 is 0 Å². The Morgan fingerprint density at radius 3 is 1.96 bits per heavy atom. The van der Waals surface area contributed by atoms with Crippen molar-refractivity contribution in [3.63, 3.8) is 0 Å². The first-order valence-electron chi connectivity index (χ1n) is 8.16. The molecule has 0 radical (unpaired) electrons. The van der Waals surface area contributed by atoms with E-state index < -0.39 is 20.0 Å². The second-order valence-electron chi connectivity index (χ2n) is 6.48. The molecule has 0 bridgehead atoms. The van der Waals surface area contributed by atoms with E-state index >= 15 is 0 Å². The monoisotopic (exact) mass is 373 g/mol. The predicted molar refractivity (Wildman–Crippen MR) is 90.6 cm³/mol. The van der Waals surface area contributed by atoms with Gasteiger partial charge < -0.3 is 5.32 Å². The van der Waals surface area contributed by atoms with Crippen LogP contribution in [0.3, 0.4) is 0 Å².